The van der Waals surface area contributed by atoms with Crippen LogP contribution in [-0.4, -0.2) is 117 Å². The minimum atomic E-state index is 0.0515. The first-order valence-electron chi connectivity index (χ1n) is 16.6. The normalized spacial score (nSPS) is 18.4. The SMILES string of the molecule is Cc1cc(-c2cc(C)c(OCCOCCOCC(C)OCC3CO3)c(C)c2)cc(C)c1OCCOCCOCC(C)OCC1CO1. The van der Waals surface area contributed by atoms with Crippen molar-refractivity contribution in [2.75, 3.05) is 92.5 Å². The molecular formula is C36H54O10. The number of benzene rings is 2. The summed E-state index contributed by atoms with van der Waals surface area (Å²) in [5.41, 5.74) is 6.68. The molecule has 0 aromatic heterocycles. The van der Waals surface area contributed by atoms with Crippen molar-refractivity contribution in [1.82, 2.24) is 0 Å². The molecule has 46 heavy (non-hydrogen) atoms. The molecular weight excluding hydrogens is 592 g/mol. The monoisotopic (exact) mass is 646 g/mol. The van der Waals surface area contributed by atoms with Crippen LogP contribution in [0.4, 0.5) is 0 Å². The van der Waals surface area contributed by atoms with Crippen molar-refractivity contribution in [2.45, 2.75) is 66.0 Å². The van der Waals surface area contributed by atoms with Crippen LogP contribution in [0.1, 0.15) is 36.1 Å². The first-order valence-corrected chi connectivity index (χ1v) is 16.6. The van der Waals surface area contributed by atoms with Gasteiger partial charge in [0, 0.05) is 0 Å². The third kappa shape index (κ3) is 13.4. The van der Waals surface area contributed by atoms with E-state index < -0.39 is 0 Å². The van der Waals surface area contributed by atoms with E-state index in [1.165, 1.54) is 0 Å². The van der Waals surface area contributed by atoms with Crippen LogP contribution in [0.15, 0.2) is 24.3 Å². The van der Waals surface area contributed by atoms with E-state index in [1.54, 1.807) is 0 Å². The summed E-state index contributed by atoms with van der Waals surface area (Å²) in [5.74, 6) is 1.80. The maximum absolute atomic E-state index is 6.10. The van der Waals surface area contributed by atoms with Crippen LogP contribution in [0.3, 0.4) is 0 Å². The van der Waals surface area contributed by atoms with Gasteiger partial charge >= 0.3 is 0 Å². The van der Waals surface area contributed by atoms with Crippen molar-refractivity contribution in [2.24, 2.45) is 0 Å². The summed E-state index contributed by atoms with van der Waals surface area (Å²) < 4.78 is 56.5. The average Bonchev–Trinajstić information content (AvgIpc) is 3.95. The number of hydrogen-bond donors (Lipinski definition) is 0. The number of hydrogen-bond acceptors (Lipinski definition) is 10. The maximum Gasteiger partial charge on any atom is 0.125 e. The molecule has 2 saturated heterocycles. The lowest BCUT2D eigenvalue weighted by atomic mass is 9.96. The standard InChI is InChI=1S/C36H54O10/c1-25-15-31(16-26(2)35(25)41-13-11-37-7-9-39-19-29(5)43-21-33-23-45-33)32-17-27(3)36(28(4)18-32)42-14-12-38-8-10-40-20-30(6)44-22-34-24-46-34/h15-18,29-30,33-34H,7-14,19-24H2,1-6H3. The Bertz CT molecular complexity index is 1040. The van der Waals surface area contributed by atoms with Crippen molar-refractivity contribution in [3.8, 4) is 22.6 Å². The Balaban J connectivity index is 1.10. The van der Waals surface area contributed by atoms with Crippen LogP contribution in [0, 0.1) is 27.7 Å². The summed E-state index contributed by atoms with van der Waals surface area (Å²) in [5, 5.41) is 0. The lowest BCUT2D eigenvalue weighted by Crippen LogP contribution is -2.20. The highest BCUT2D eigenvalue weighted by Gasteiger charge is 2.24. The van der Waals surface area contributed by atoms with Gasteiger partial charge in [-0.25, -0.2) is 0 Å². The highest BCUT2D eigenvalue weighted by atomic mass is 16.6. The molecule has 0 saturated carbocycles. The molecule has 2 aromatic carbocycles. The van der Waals surface area contributed by atoms with Gasteiger partial charge < -0.3 is 47.4 Å². The Hall–Kier alpha value is -2.28. The lowest BCUT2D eigenvalue weighted by molar-refractivity contribution is -0.0287. The number of aryl methyl sites for hydroxylation is 4. The van der Waals surface area contributed by atoms with Crippen LogP contribution < -0.4 is 9.47 Å². The van der Waals surface area contributed by atoms with Gasteiger partial charge in [0.1, 0.15) is 36.9 Å². The second kappa shape index (κ2) is 19.5. The summed E-state index contributed by atoms with van der Waals surface area (Å²) in [6.45, 7) is 20.4. The molecule has 10 nitrogen and oxygen atoms in total. The van der Waals surface area contributed by atoms with E-state index in [0.717, 1.165) is 58.1 Å². The van der Waals surface area contributed by atoms with Gasteiger partial charge in [0.2, 0.25) is 0 Å². The molecule has 0 amide bonds. The van der Waals surface area contributed by atoms with E-state index in [0.29, 0.717) is 79.3 Å². The molecule has 0 aliphatic carbocycles. The zero-order valence-electron chi connectivity index (χ0n) is 28.6. The molecule has 258 valence electrons. The van der Waals surface area contributed by atoms with Crippen molar-refractivity contribution >= 4 is 0 Å². The highest BCUT2D eigenvalue weighted by Crippen LogP contribution is 2.34. The molecule has 4 unspecified atom stereocenters. The van der Waals surface area contributed by atoms with Gasteiger partial charge in [-0.3, -0.25) is 0 Å². The molecule has 0 radical (unpaired) electrons. The molecule has 0 spiro atoms. The van der Waals surface area contributed by atoms with Crippen molar-refractivity contribution < 1.29 is 47.4 Å². The minimum absolute atomic E-state index is 0.0515. The van der Waals surface area contributed by atoms with E-state index in [2.05, 4.69) is 52.0 Å². The topological polar surface area (TPSA) is 98.9 Å². The summed E-state index contributed by atoms with van der Waals surface area (Å²) in [6, 6.07) is 8.70. The van der Waals surface area contributed by atoms with Crippen molar-refractivity contribution in [3.05, 3.63) is 46.5 Å². The summed E-state index contributed by atoms with van der Waals surface area (Å²) in [7, 11) is 0. The largest absolute Gasteiger partial charge is 0.491 e. The fourth-order valence-electron chi connectivity index (χ4n) is 5.00. The Morgan fingerprint density at radius 2 is 0.870 bits per heavy atom. The fraction of sp³-hybridized carbons (Fsp3) is 0.667. The molecule has 2 aromatic rings. The van der Waals surface area contributed by atoms with E-state index in [-0.39, 0.29) is 24.4 Å². The zero-order valence-corrected chi connectivity index (χ0v) is 28.6. The zero-order chi connectivity index (χ0) is 32.7. The molecule has 2 aliphatic heterocycles. The Morgan fingerprint density at radius 3 is 1.22 bits per heavy atom. The quantitative estimate of drug-likeness (QED) is 0.108. The predicted octanol–water partition coefficient (Wildman–Crippen LogP) is 5.02. The van der Waals surface area contributed by atoms with Gasteiger partial charge in [-0.05, 0) is 99.2 Å². The summed E-state index contributed by atoms with van der Waals surface area (Å²) >= 11 is 0. The molecule has 2 aliphatic rings. The summed E-state index contributed by atoms with van der Waals surface area (Å²) in [6.07, 6.45) is 0.653. The molecule has 10 heteroatoms. The molecule has 4 atom stereocenters. The maximum atomic E-state index is 6.10. The molecule has 2 fully saturated rings. The molecule has 4 rings (SSSR count). The van der Waals surface area contributed by atoms with Crippen molar-refractivity contribution in [1.29, 1.82) is 0 Å². The third-order valence-corrected chi connectivity index (χ3v) is 7.59. The molecule has 0 N–H and O–H groups in total. The van der Waals surface area contributed by atoms with Crippen LogP contribution in [0.2, 0.25) is 0 Å². The van der Waals surface area contributed by atoms with Crippen molar-refractivity contribution in [3.63, 3.8) is 0 Å². The van der Waals surface area contributed by atoms with E-state index >= 15 is 0 Å². The van der Waals surface area contributed by atoms with Crippen LogP contribution in [-0.2, 0) is 37.9 Å². The third-order valence-electron chi connectivity index (χ3n) is 7.59. The first kappa shape index (κ1) is 36.6. The average molecular weight is 647 g/mol. The molecule has 2 heterocycles. The van der Waals surface area contributed by atoms with E-state index in [4.69, 9.17) is 47.4 Å². The van der Waals surface area contributed by atoms with Crippen LogP contribution >= 0.6 is 0 Å². The number of ether oxygens (including phenoxy) is 10. The highest BCUT2D eigenvalue weighted by molar-refractivity contribution is 5.70. The van der Waals surface area contributed by atoms with Gasteiger partial charge in [0.15, 0.2) is 0 Å². The van der Waals surface area contributed by atoms with E-state index in [9.17, 15) is 0 Å². The van der Waals surface area contributed by atoms with Gasteiger partial charge in [0.05, 0.1) is 91.5 Å². The van der Waals surface area contributed by atoms with Gasteiger partial charge in [-0.1, -0.05) is 0 Å². The lowest BCUT2D eigenvalue weighted by Gasteiger charge is -2.17. The Kier molecular flexibility index (Phi) is 15.5. The van der Waals surface area contributed by atoms with E-state index in [1.807, 2.05) is 13.8 Å². The van der Waals surface area contributed by atoms with Crippen LogP contribution in [0.5, 0.6) is 11.5 Å². The summed E-state index contributed by atoms with van der Waals surface area (Å²) in [4.78, 5) is 0. The van der Waals surface area contributed by atoms with Gasteiger partial charge in [0.25, 0.3) is 0 Å². The van der Waals surface area contributed by atoms with Crippen LogP contribution in [0.25, 0.3) is 11.1 Å². The van der Waals surface area contributed by atoms with Gasteiger partial charge in [-0.15, -0.1) is 0 Å². The Morgan fingerprint density at radius 1 is 0.543 bits per heavy atom. The molecule has 0 bridgehead atoms. The second-order valence-electron chi connectivity index (χ2n) is 12.1. The smallest absolute Gasteiger partial charge is 0.125 e. The second-order valence-corrected chi connectivity index (χ2v) is 12.1. The van der Waals surface area contributed by atoms with Gasteiger partial charge in [-0.2, -0.15) is 0 Å². The first-order chi connectivity index (χ1) is 22.3. The number of epoxide rings is 2. The Labute approximate surface area is 274 Å². The predicted molar refractivity (Wildman–Crippen MR) is 175 cm³/mol. The number of rotatable bonds is 25. The minimum Gasteiger partial charge on any atom is -0.491 e. The fourth-order valence-corrected chi connectivity index (χ4v) is 5.00.